The molecule has 0 radical (unpaired) electrons. The van der Waals surface area contributed by atoms with E-state index in [4.69, 9.17) is 0 Å². The lowest BCUT2D eigenvalue weighted by molar-refractivity contribution is 0.518. The van der Waals surface area contributed by atoms with Crippen LogP contribution in [0.15, 0.2) is 16.9 Å². The van der Waals surface area contributed by atoms with Crippen LogP contribution in [0, 0.1) is 13.8 Å². The molecule has 1 saturated heterocycles. The van der Waals surface area contributed by atoms with E-state index in [1.807, 2.05) is 13.8 Å². The van der Waals surface area contributed by atoms with Crippen LogP contribution in [0.1, 0.15) is 23.9 Å². The molecule has 0 saturated carbocycles. The maximum absolute atomic E-state index is 11.2. The summed E-state index contributed by atoms with van der Waals surface area (Å²) in [5.74, 6) is 0. The molecule has 0 aromatic carbocycles. The summed E-state index contributed by atoms with van der Waals surface area (Å²) in [6.07, 6.45) is 1.16. The maximum atomic E-state index is 11.2. The average molecular weight is 192 g/mol. The molecular formula is C11H16N2O. The molecule has 76 valence electrons. The van der Waals surface area contributed by atoms with Gasteiger partial charge in [-0.25, -0.2) is 0 Å². The predicted octanol–water partition coefficient (Wildman–Crippen LogP) is 1.000. The fourth-order valence-electron chi connectivity index (χ4n) is 2.31. The van der Waals surface area contributed by atoms with Gasteiger partial charge in [-0.15, -0.1) is 0 Å². The summed E-state index contributed by atoms with van der Waals surface area (Å²) in [4.78, 5) is 11.2. The summed E-state index contributed by atoms with van der Waals surface area (Å²) in [7, 11) is 0. The van der Waals surface area contributed by atoms with Gasteiger partial charge in [0.2, 0.25) is 0 Å². The first-order valence-corrected chi connectivity index (χ1v) is 5.09. The van der Waals surface area contributed by atoms with E-state index in [9.17, 15) is 4.79 Å². The molecule has 1 atom stereocenters. The van der Waals surface area contributed by atoms with Crippen LogP contribution in [0.25, 0.3) is 0 Å². The van der Waals surface area contributed by atoms with Gasteiger partial charge < -0.3 is 9.88 Å². The van der Waals surface area contributed by atoms with Crippen molar-refractivity contribution in [3.05, 3.63) is 33.7 Å². The summed E-state index contributed by atoms with van der Waals surface area (Å²) in [6, 6.07) is 3.95. The highest BCUT2D eigenvalue weighted by Gasteiger charge is 2.18. The van der Waals surface area contributed by atoms with E-state index in [0.29, 0.717) is 6.04 Å². The second kappa shape index (κ2) is 3.58. The number of aromatic nitrogens is 1. The van der Waals surface area contributed by atoms with E-state index in [0.717, 1.165) is 30.9 Å². The van der Waals surface area contributed by atoms with Gasteiger partial charge in [-0.3, -0.25) is 4.79 Å². The Morgan fingerprint density at radius 2 is 2.00 bits per heavy atom. The Morgan fingerprint density at radius 1 is 1.36 bits per heavy atom. The Bertz CT molecular complexity index is 363. The summed E-state index contributed by atoms with van der Waals surface area (Å²) in [5.41, 5.74) is 2.26. The highest BCUT2D eigenvalue weighted by molar-refractivity contribution is 5.14. The smallest absolute Gasteiger partial charge is 0.182 e. The van der Waals surface area contributed by atoms with Gasteiger partial charge in [0.25, 0.3) is 0 Å². The van der Waals surface area contributed by atoms with Gasteiger partial charge in [0.15, 0.2) is 5.43 Å². The number of hydrogen-bond acceptors (Lipinski definition) is 2. The first-order valence-electron chi connectivity index (χ1n) is 5.09. The first kappa shape index (κ1) is 9.46. The number of nitrogens with one attached hydrogen (secondary N) is 1. The summed E-state index contributed by atoms with van der Waals surface area (Å²) in [6.45, 7) is 6.11. The van der Waals surface area contributed by atoms with Crippen molar-refractivity contribution in [3.8, 4) is 0 Å². The van der Waals surface area contributed by atoms with Crippen LogP contribution in [0.2, 0.25) is 0 Å². The van der Waals surface area contributed by atoms with Gasteiger partial charge in [0.1, 0.15) is 0 Å². The standard InChI is InChI=1S/C11H16N2O/c1-8-5-11(14)6-9(2)13(8)10-3-4-12-7-10/h5-6,10,12H,3-4,7H2,1-2H3. The zero-order valence-corrected chi connectivity index (χ0v) is 8.71. The van der Waals surface area contributed by atoms with E-state index in [-0.39, 0.29) is 5.43 Å². The Balaban J connectivity index is 2.46. The molecule has 1 N–H and O–H groups in total. The van der Waals surface area contributed by atoms with Crippen molar-refractivity contribution in [2.45, 2.75) is 26.3 Å². The third kappa shape index (κ3) is 1.60. The topological polar surface area (TPSA) is 34.0 Å². The molecule has 2 rings (SSSR count). The molecular weight excluding hydrogens is 176 g/mol. The van der Waals surface area contributed by atoms with Crippen LogP contribution in [0.4, 0.5) is 0 Å². The Morgan fingerprint density at radius 3 is 2.50 bits per heavy atom. The van der Waals surface area contributed by atoms with Crippen molar-refractivity contribution in [3.63, 3.8) is 0 Å². The summed E-state index contributed by atoms with van der Waals surface area (Å²) in [5, 5.41) is 3.34. The SMILES string of the molecule is Cc1cc(=O)cc(C)n1C1CCNC1. The minimum atomic E-state index is 0.113. The van der Waals surface area contributed by atoms with Crippen LogP contribution in [-0.2, 0) is 0 Å². The molecule has 1 aliphatic rings. The van der Waals surface area contributed by atoms with Crippen LogP contribution in [0.5, 0.6) is 0 Å². The molecule has 0 spiro atoms. The van der Waals surface area contributed by atoms with Crippen molar-refractivity contribution in [1.29, 1.82) is 0 Å². The zero-order chi connectivity index (χ0) is 10.1. The molecule has 3 nitrogen and oxygen atoms in total. The molecule has 1 aromatic rings. The van der Waals surface area contributed by atoms with Crippen molar-refractivity contribution in [2.24, 2.45) is 0 Å². The quantitative estimate of drug-likeness (QED) is 0.720. The molecule has 2 heterocycles. The number of rotatable bonds is 1. The van der Waals surface area contributed by atoms with Gasteiger partial charge in [0, 0.05) is 36.1 Å². The molecule has 0 bridgehead atoms. The second-order valence-corrected chi connectivity index (χ2v) is 3.99. The largest absolute Gasteiger partial charge is 0.345 e. The highest BCUT2D eigenvalue weighted by Crippen LogP contribution is 2.18. The molecule has 3 heteroatoms. The number of aryl methyl sites for hydroxylation is 2. The van der Waals surface area contributed by atoms with Crippen molar-refractivity contribution < 1.29 is 0 Å². The van der Waals surface area contributed by atoms with Gasteiger partial charge in [-0.2, -0.15) is 0 Å². The monoisotopic (exact) mass is 192 g/mol. The van der Waals surface area contributed by atoms with E-state index in [2.05, 4.69) is 9.88 Å². The zero-order valence-electron chi connectivity index (χ0n) is 8.71. The fourth-order valence-corrected chi connectivity index (χ4v) is 2.31. The molecule has 1 aromatic heterocycles. The third-order valence-corrected chi connectivity index (χ3v) is 2.86. The van der Waals surface area contributed by atoms with Crippen LogP contribution in [-0.4, -0.2) is 17.7 Å². The van der Waals surface area contributed by atoms with Gasteiger partial charge in [0.05, 0.1) is 0 Å². The van der Waals surface area contributed by atoms with Gasteiger partial charge in [-0.1, -0.05) is 0 Å². The first-order chi connectivity index (χ1) is 6.68. The molecule has 14 heavy (non-hydrogen) atoms. The predicted molar refractivity (Wildman–Crippen MR) is 56.7 cm³/mol. The van der Waals surface area contributed by atoms with Crippen LogP contribution >= 0.6 is 0 Å². The Hall–Kier alpha value is -1.09. The van der Waals surface area contributed by atoms with Crippen molar-refractivity contribution in [2.75, 3.05) is 13.1 Å². The third-order valence-electron chi connectivity index (χ3n) is 2.86. The van der Waals surface area contributed by atoms with Crippen molar-refractivity contribution in [1.82, 2.24) is 9.88 Å². The Kier molecular flexibility index (Phi) is 2.42. The lowest BCUT2D eigenvalue weighted by Crippen LogP contribution is -2.20. The minimum absolute atomic E-state index is 0.113. The van der Waals surface area contributed by atoms with Crippen LogP contribution < -0.4 is 10.7 Å². The number of nitrogens with zero attached hydrogens (tertiary/aromatic N) is 1. The summed E-state index contributed by atoms with van der Waals surface area (Å²) < 4.78 is 2.27. The number of pyridine rings is 1. The van der Waals surface area contributed by atoms with Crippen LogP contribution in [0.3, 0.4) is 0 Å². The fraction of sp³-hybridized carbons (Fsp3) is 0.545. The van der Waals surface area contributed by atoms with E-state index < -0.39 is 0 Å². The average Bonchev–Trinajstić information content (AvgIpc) is 2.54. The molecule has 1 unspecified atom stereocenters. The lowest BCUT2D eigenvalue weighted by atomic mass is 10.2. The summed E-state index contributed by atoms with van der Waals surface area (Å²) >= 11 is 0. The normalized spacial score (nSPS) is 21.4. The van der Waals surface area contributed by atoms with E-state index in [1.54, 1.807) is 12.1 Å². The maximum Gasteiger partial charge on any atom is 0.182 e. The van der Waals surface area contributed by atoms with E-state index in [1.165, 1.54) is 0 Å². The molecule has 0 amide bonds. The van der Waals surface area contributed by atoms with Crippen molar-refractivity contribution >= 4 is 0 Å². The second-order valence-electron chi connectivity index (χ2n) is 3.99. The van der Waals surface area contributed by atoms with Gasteiger partial charge >= 0.3 is 0 Å². The minimum Gasteiger partial charge on any atom is -0.345 e. The lowest BCUT2D eigenvalue weighted by Gasteiger charge is -2.20. The molecule has 1 aliphatic heterocycles. The van der Waals surface area contributed by atoms with Gasteiger partial charge in [-0.05, 0) is 26.8 Å². The molecule has 0 aliphatic carbocycles. The van der Waals surface area contributed by atoms with E-state index >= 15 is 0 Å². The number of hydrogen-bond donors (Lipinski definition) is 1. The Labute approximate surface area is 83.8 Å². The highest BCUT2D eigenvalue weighted by atomic mass is 16.1. The molecule has 1 fully saturated rings.